The van der Waals surface area contributed by atoms with Crippen LogP contribution < -0.4 is 4.74 Å². The Morgan fingerprint density at radius 3 is 2.67 bits per heavy atom. The maximum absolute atomic E-state index is 11.3. The van der Waals surface area contributed by atoms with Gasteiger partial charge in [-0.1, -0.05) is 13.0 Å². The molecule has 6 heteroatoms. The first kappa shape index (κ1) is 15.8. The zero-order valence-corrected chi connectivity index (χ0v) is 13.3. The molecule has 0 saturated heterocycles. The van der Waals surface area contributed by atoms with Crippen LogP contribution in [0, 0.1) is 0 Å². The van der Waals surface area contributed by atoms with Gasteiger partial charge < -0.3 is 4.74 Å². The number of hydrogen-bond donors (Lipinski definition) is 0. The lowest BCUT2D eigenvalue weighted by atomic mass is 10.2. The molecule has 0 radical (unpaired) electrons. The lowest BCUT2D eigenvalue weighted by molar-refractivity contribution is 0.315. The van der Waals surface area contributed by atoms with Gasteiger partial charge in [0.15, 0.2) is 0 Å². The molecule has 1 rings (SSSR count). The predicted molar refractivity (Wildman–Crippen MR) is 78.1 cm³/mol. The van der Waals surface area contributed by atoms with Crippen molar-refractivity contribution in [2.45, 2.75) is 19.2 Å². The molecule has 0 saturated carbocycles. The Morgan fingerprint density at radius 2 is 2.11 bits per heavy atom. The van der Waals surface area contributed by atoms with Crippen molar-refractivity contribution in [3.8, 4) is 5.75 Å². The van der Waals surface area contributed by atoms with E-state index < -0.39 is 9.84 Å². The highest BCUT2D eigenvalue weighted by molar-refractivity contribution is 9.10. The van der Waals surface area contributed by atoms with Crippen LogP contribution in [-0.4, -0.2) is 26.5 Å². The first-order valence-corrected chi connectivity index (χ1v) is 8.81. The van der Waals surface area contributed by atoms with Crippen LogP contribution in [0.5, 0.6) is 5.75 Å². The number of rotatable bonds is 7. The molecule has 3 nitrogen and oxygen atoms in total. The highest BCUT2D eigenvalue weighted by Crippen LogP contribution is 2.26. The molecule has 0 atom stereocenters. The molecule has 0 N–H and O–H groups in total. The quantitative estimate of drug-likeness (QED) is 0.556. The molecular weight excluding hydrogens is 340 g/mol. The summed E-state index contributed by atoms with van der Waals surface area (Å²) in [5, 5.41) is 0. The number of ether oxygens (including phenoxy) is 1. The standard InChI is InChI=1S/C12H16BrClO3S/c1-2-18(15,16)7-3-6-17-12-5-4-10(9-14)8-11(12)13/h4-5,8H,2-3,6-7,9H2,1H3. The molecule has 0 aromatic heterocycles. The second kappa shape index (κ2) is 7.36. The third-order valence-electron chi connectivity index (χ3n) is 2.45. The Morgan fingerprint density at radius 1 is 1.39 bits per heavy atom. The van der Waals surface area contributed by atoms with Gasteiger partial charge in [0, 0.05) is 11.6 Å². The molecule has 1 aromatic carbocycles. The van der Waals surface area contributed by atoms with Gasteiger partial charge in [-0.25, -0.2) is 8.42 Å². The topological polar surface area (TPSA) is 43.4 Å². The monoisotopic (exact) mass is 354 g/mol. The Balaban J connectivity index is 2.45. The molecule has 0 aliphatic heterocycles. The Labute approximate surface area is 122 Å². The Kier molecular flexibility index (Phi) is 6.46. The Hall–Kier alpha value is -0.260. The van der Waals surface area contributed by atoms with Crippen LogP contribution >= 0.6 is 27.5 Å². The molecule has 0 unspecified atom stereocenters. The van der Waals surface area contributed by atoms with E-state index in [1.165, 1.54) is 0 Å². The van der Waals surface area contributed by atoms with Crippen LogP contribution in [0.15, 0.2) is 22.7 Å². The Bertz CT molecular complexity index is 488. The van der Waals surface area contributed by atoms with Crippen molar-refractivity contribution < 1.29 is 13.2 Å². The summed E-state index contributed by atoms with van der Waals surface area (Å²) in [6, 6.07) is 5.61. The summed E-state index contributed by atoms with van der Waals surface area (Å²) in [5.74, 6) is 1.51. The molecule has 0 aliphatic carbocycles. The number of hydrogen-bond acceptors (Lipinski definition) is 3. The SMILES string of the molecule is CCS(=O)(=O)CCCOc1ccc(CCl)cc1Br. The van der Waals surface area contributed by atoms with Crippen LogP contribution in [0.4, 0.5) is 0 Å². The third kappa shape index (κ3) is 5.16. The first-order valence-electron chi connectivity index (χ1n) is 5.66. The van der Waals surface area contributed by atoms with Gasteiger partial charge in [-0.2, -0.15) is 0 Å². The van der Waals surface area contributed by atoms with Gasteiger partial charge in [0.1, 0.15) is 15.6 Å². The average molecular weight is 356 g/mol. The van der Waals surface area contributed by atoms with Crippen LogP contribution in [-0.2, 0) is 15.7 Å². The average Bonchev–Trinajstić information content (AvgIpc) is 2.36. The van der Waals surface area contributed by atoms with Crippen LogP contribution in [0.25, 0.3) is 0 Å². The van der Waals surface area contributed by atoms with Gasteiger partial charge in [0.25, 0.3) is 0 Å². The van der Waals surface area contributed by atoms with Crippen LogP contribution in [0.1, 0.15) is 18.9 Å². The largest absolute Gasteiger partial charge is 0.492 e. The van der Waals surface area contributed by atoms with Gasteiger partial charge in [-0.05, 0) is 40.0 Å². The number of halogens is 2. The van der Waals surface area contributed by atoms with E-state index in [4.69, 9.17) is 16.3 Å². The summed E-state index contributed by atoms with van der Waals surface area (Å²) in [6.45, 7) is 2.04. The summed E-state index contributed by atoms with van der Waals surface area (Å²) >= 11 is 9.11. The minimum atomic E-state index is -2.90. The molecule has 0 aliphatic rings. The maximum atomic E-state index is 11.3. The van der Waals surface area contributed by atoms with Crippen LogP contribution in [0.2, 0.25) is 0 Å². The molecule has 0 fully saturated rings. The lowest BCUT2D eigenvalue weighted by Crippen LogP contribution is -2.11. The van der Waals surface area contributed by atoms with Crippen molar-refractivity contribution in [3.05, 3.63) is 28.2 Å². The van der Waals surface area contributed by atoms with Gasteiger partial charge in [-0.15, -0.1) is 11.6 Å². The van der Waals surface area contributed by atoms with Gasteiger partial charge in [-0.3, -0.25) is 0 Å². The predicted octanol–water partition coefficient (Wildman–Crippen LogP) is 3.39. The minimum absolute atomic E-state index is 0.168. The van der Waals surface area contributed by atoms with Crippen molar-refractivity contribution in [1.29, 1.82) is 0 Å². The fourth-order valence-corrected chi connectivity index (χ4v) is 2.90. The summed E-state index contributed by atoms with van der Waals surface area (Å²) in [7, 11) is -2.90. The van der Waals surface area contributed by atoms with E-state index in [1.54, 1.807) is 6.92 Å². The van der Waals surface area contributed by atoms with Gasteiger partial charge in [0.2, 0.25) is 0 Å². The summed E-state index contributed by atoms with van der Waals surface area (Å²) < 4.78 is 28.9. The normalized spacial score (nSPS) is 11.5. The van der Waals surface area contributed by atoms with Gasteiger partial charge >= 0.3 is 0 Å². The van der Waals surface area contributed by atoms with Crippen molar-refractivity contribution >= 4 is 37.4 Å². The first-order chi connectivity index (χ1) is 8.48. The fourth-order valence-electron chi connectivity index (χ4n) is 1.35. The van der Waals surface area contributed by atoms with E-state index in [9.17, 15) is 8.42 Å². The third-order valence-corrected chi connectivity index (χ3v) is 5.17. The van der Waals surface area contributed by atoms with E-state index >= 15 is 0 Å². The van der Waals surface area contributed by atoms with Crippen molar-refractivity contribution in [3.63, 3.8) is 0 Å². The number of sulfone groups is 1. The highest BCUT2D eigenvalue weighted by atomic mass is 79.9. The zero-order valence-electron chi connectivity index (χ0n) is 10.2. The van der Waals surface area contributed by atoms with Crippen LogP contribution in [0.3, 0.4) is 0 Å². The molecule has 102 valence electrons. The number of alkyl halides is 1. The number of benzene rings is 1. The van der Waals surface area contributed by atoms with Crippen molar-refractivity contribution in [1.82, 2.24) is 0 Å². The van der Waals surface area contributed by atoms with E-state index in [1.807, 2.05) is 18.2 Å². The molecule has 18 heavy (non-hydrogen) atoms. The van der Waals surface area contributed by atoms with Crippen molar-refractivity contribution in [2.75, 3.05) is 18.1 Å². The molecule has 0 spiro atoms. The van der Waals surface area contributed by atoms with E-state index in [0.29, 0.717) is 24.7 Å². The second-order valence-corrected chi connectivity index (χ2v) is 7.43. The smallest absolute Gasteiger partial charge is 0.150 e. The summed E-state index contributed by atoms with van der Waals surface area (Å²) in [5.41, 5.74) is 1.00. The molecule has 0 heterocycles. The van der Waals surface area contributed by atoms with E-state index in [-0.39, 0.29) is 11.5 Å². The molecule has 0 amide bonds. The summed E-state index contributed by atoms with van der Waals surface area (Å²) in [6.07, 6.45) is 0.500. The zero-order chi connectivity index (χ0) is 13.6. The van der Waals surface area contributed by atoms with Crippen molar-refractivity contribution in [2.24, 2.45) is 0 Å². The fraction of sp³-hybridized carbons (Fsp3) is 0.500. The maximum Gasteiger partial charge on any atom is 0.150 e. The molecule has 0 bridgehead atoms. The minimum Gasteiger partial charge on any atom is -0.492 e. The van der Waals surface area contributed by atoms with E-state index in [2.05, 4.69) is 15.9 Å². The highest BCUT2D eigenvalue weighted by Gasteiger charge is 2.07. The van der Waals surface area contributed by atoms with E-state index in [0.717, 1.165) is 10.0 Å². The summed E-state index contributed by atoms with van der Waals surface area (Å²) in [4.78, 5) is 0. The molecular formula is C12H16BrClO3S. The second-order valence-electron chi connectivity index (χ2n) is 3.84. The lowest BCUT2D eigenvalue weighted by Gasteiger charge is -2.09. The van der Waals surface area contributed by atoms with Gasteiger partial charge in [0.05, 0.1) is 16.8 Å². The molecule has 1 aromatic rings.